The molecular formula is C15H19NOSi. The number of hydrogen-bond donors (Lipinski definition) is 0. The maximum absolute atomic E-state index is 6.29. The van der Waals surface area contributed by atoms with Crippen molar-refractivity contribution in [1.29, 1.82) is 0 Å². The van der Waals surface area contributed by atoms with Crippen LogP contribution in [0.2, 0.25) is 19.6 Å². The van der Waals surface area contributed by atoms with Crippen molar-refractivity contribution in [2.75, 3.05) is 0 Å². The summed E-state index contributed by atoms with van der Waals surface area (Å²) >= 11 is 0. The molecule has 0 spiro atoms. The number of pyridine rings is 1. The quantitative estimate of drug-likeness (QED) is 0.772. The largest absolute Gasteiger partial charge is 0.405 e. The third kappa shape index (κ3) is 3.52. The zero-order chi connectivity index (χ0) is 13.0. The van der Waals surface area contributed by atoms with Crippen molar-refractivity contribution in [3.8, 4) is 0 Å². The van der Waals surface area contributed by atoms with Crippen molar-refractivity contribution < 1.29 is 4.43 Å². The minimum Gasteiger partial charge on any atom is -0.405 e. The van der Waals surface area contributed by atoms with Crippen LogP contribution in [0.15, 0.2) is 54.7 Å². The third-order valence-electron chi connectivity index (χ3n) is 2.53. The lowest BCUT2D eigenvalue weighted by atomic mass is 10.1. The van der Waals surface area contributed by atoms with Crippen LogP contribution in [0.1, 0.15) is 17.4 Å². The van der Waals surface area contributed by atoms with Crippen molar-refractivity contribution in [2.45, 2.75) is 25.7 Å². The van der Waals surface area contributed by atoms with Crippen LogP contribution in [0, 0.1) is 0 Å². The van der Waals surface area contributed by atoms with E-state index in [9.17, 15) is 0 Å². The summed E-state index contributed by atoms with van der Waals surface area (Å²) in [5, 5.41) is 0. The Kier molecular flexibility index (Phi) is 3.94. The number of aromatic nitrogens is 1. The van der Waals surface area contributed by atoms with Gasteiger partial charge in [0, 0.05) is 6.20 Å². The molecule has 0 saturated carbocycles. The lowest BCUT2D eigenvalue weighted by Gasteiger charge is -2.26. The highest BCUT2D eigenvalue weighted by Gasteiger charge is 2.24. The highest BCUT2D eigenvalue weighted by atomic mass is 28.4. The highest BCUT2D eigenvalue weighted by Crippen LogP contribution is 2.27. The van der Waals surface area contributed by atoms with E-state index in [-0.39, 0.29) is 6.10 Å². The van der Waals surface area contributed by atoms with Gasteiger partial charge in [-0.05, 0) is 37.3 Å². The van der Waals surface area contributed by atoms with E-state index in [1.165, 1.54) is 5.56 Å². The standard InChI is InChI=1S/C15H19NOSi/c1-18(2,3)17-15(13-9-5-4-6-10-13)14-11-7-8-12-16-14/h4-12,15H,1-3H3. The molecule has 2 nitrogen and oxygen atoms in total. The number of rotatable bonds is 4. The van der Waals surface area contributed by atoms with Crippen LogP contribution in [0.5, 0.6) is 0 Å². The molecule has 0 aliphatic carbocycles. The van der Waals surface area contributed by atoms with Crippen LogP contribution in [0.25, 0.3) is 0 Å². The van der Waals surface area contributed by atoms with Gasteiger partial charge in [0.25, 0.3) is 0 Å². The fourth-order valence-electron chi connectivity index (χ4n) is 1.81. The maximum atomic E-state index is 6.29. The Morgan fingerprint density at radius 3 is 2.17 bits per heavy atom. The fraction of sp³-hybridized carbons (Fsp3) is 0.267. The molecule has 3 heteroatoms. The van der Waals surface area contributed by atoms with Gasteiger partial charge >= 0.3 is 0 Å². The first-order valence-electron chi connectivity index (χ1n) is 6.20. The molecule has 0 fully saturated rings. The molecule has 0 aliphatic heterocycles. The van der Waals surface area contributed by atoms with Gasteiger partial charge < -0.3 is 4.43 Å². The lowest BCUT2D eigenvalue weighted by Crippen LogP contribution is -2.28. The molecule has 0 bridgehead atoms. The molecular weight excluding hydrogens is 238 g/mol. The molecule has 0 aliphatic rings. The van der Waals surface area contributed by atoms with Crippen LogP contribution >= 0.6 is 0 Å². The first-order chi connectivity index (χ1) is 8.56. The lowest BCUT2D eigenvalue weighted by molar-refractivity contribution is 0.235. The predicted molar refractivity (Wildman–Crippen MR) is 77.0 cm³/mol. The van der Waals surface area contributed by atoms with E-state index in [0.717, 1.165) is 5.69 Å². The zero-order valence-corrected chi connectivity index (χ0v) is 12.1. The summed E-state index contributed by atoms with van der Waals surface area (Å²) in [4.78, 5) is 4.44. The van der Waals surface area contributed by atoms with Crippen molar-refractivity contribution in [3.63, 3.8) is 0 Å². The molecule has 2 rings (SSSR count). The molecule has 1 aromatic carbocycles. The van der Waals surface area contributed by atoms with Gasteiger partial charge in [-0.1, -0.05) is 36.4 Å². The van der Waals surface area contributed by atoms with E-state index in [0.29, 0.717) is 0 Å². The zero-order valence-electron chi connectivity index (χ0n) is 11.1. The van der Waals surface area contributed by atoms with Crippen LogP contribution in [0.3, 0.4) is 0 Å². The molecule has 1 atom stereocenters. The second-order valence-corrected chi connectivity index (χ2v) is 9.74. The summed E-state index contributed by atoms with van der Waals surface area (Å²) in [6, 6.07) is 16.3. The molecule has 0 radical (unpaired) electrons. The van der Waals surface area contributed by atoms with E-state index in [4.69, 9.17) is 4.43 Å². The summed E-state index contributed by atoms with van der Waals surface area (Å²) in [7, 11) is -1.63. The van der Waals surface area contributed by atoms with E-state index in [2.05, 4.69) is 36.8 Å². The second-order valence-electron chi connectivity index (χ2n) is 5.28. The molecule has 0 saturated heterocycles. The first kappa shape index (κ1) is 13.0. The average molecular weight is 257 g/mol. The van der Waals surface area contributed by atoms with Crippen LogP contribution in [-0.2, 0) is 4.43 Å². The Labute approximate surface area is 110 Å². The van der Waals surface area contributed by atoms with Crippen LogP contribution in [0.4, 0.5) is 0 Å². The van der Waals surface area contributed by atoms with Gasteiger partial charge in [-0.15, -0.1) is 0 Å². The Bertz CT molecular complexity index is 439. The summed E-state index contributed by atoms with van der Waals surface area (Å²) < 4.78 is 6.29. The SMILES string of the molecule is C[Si](C)(C)OC(c1ccccc1)c1ccccn1. The second kappa shape index (κ2) is 5.46. The molecule has 1 heterocycles. The minimum atomic E-state index is -1.63. The minimum absolute atomic E-state index is 0.0564. The number of benzene rings is 1. The molecule has 1 aromatic heterocycles. The average Bonchev–Trinajstić information content (AvgIpc) is 2.37. The molecule has 18 heavy (non-hydrogen) atoms. The monoisotopic (exact) mass is 257 g/mol. The fourth-order valence-corrected chi connectivity index (χ4v) is 2.78. The molecule has 1 unspecified atom stereocenters. The van der Waals surface area contributed by atoms with Crippen LogP contribution in [-0.4, -0.2) is 13.3 Å². The van der Waals surface area contributed by atoms with Crippen molar-refractivity contribution >= 4 is 8.32 Å². The number of nitrogens with zero attached hydrogens (tertiary/aromatic N) is 1. The smallest absolute Gasteiger partial charge is 0.185 e. The van der Waals surface area contributed by atoms with E-state index < -0.39 is 8.32 Å². The third-order valence-corrected chi connectivity index (χ3v) is 3.47. The van der Waals surface area contributed by atoms with Gasteiger partial charge in [0.2, 0.25) is 0 Å². The van der Waals surface area contributed by atoms with Gasteiger partial charge in [-0.2, -0.15) is 0 Å². The van der Waals surface area contributed by atoms with Gasteiger partial charge in [0.15, 0.2) is 8.32 Å². The molecule has 0 N–H and O–H groups in total. The van der Waals surface area contributed by atoms with Crippen molar-refractivity contribution in [1.82, 2.24) is 4.98 Å². The Balaban J connectivity index is 2.36. The molecule has 0 amide bonds. The normalized spacial score (nSPS) is 13.3. The maximum Gasteiger partial charge on any atom is 0.185 e. The van der Waals surface area contributed by atoms with E-state index in [1.54, 1.807) is 0 Å². The van der Waals surface area contributed by atoms with E-state index in [1.807, 2.05) is 42.6 Å². The summed E-state index contributed by atoms with van der Waals surface area (Å²) in [5.74, 6) is 0. The van der Waals surface area contributed by atoms with Gasteiger partial charge in [-0.25, -0.2) is 0 Å². The summed E-state index contributed by atoms with van der Waals surface area (Å²) in [6.45, 7) is 6.60. The Morgan fingerprint density at radius 2 is 1.61 bits per heavy atom. The predicted octanol–water partition coefficient (Wildman–Crippen LogP) is 4.02. The Hall–Kier alpha value is -1.45. The first-order valence-corrected chi connectivity index (χ1v) is 9.61. The van der Waals surface area contributed by atoms with Gasteiger partial charge in [0.05, 0.1) is 5.69 Å². The summed E-state index contributed by atoms with van der Waals surface area (Å²) in [6.07, 6.45) is 1.76. The van der Waals surface area contributed by atoms with Gasteiger partial charge in [0.1, 0.15) is 6.10 Å². The molecule has 94 valence electrons. The van der Waals surface area contributed by atoms with Crippen LogP contribution < -0.4 is 0 Å². The number of hydrogen-bond acceptors (Lipinski definition) is 2. The van der Waals surface area contributed by atoms with E-state index >= 15 is 0 Å². The van der Waals surface area contributed by atoms with Gasteiger partial charge in [-0.3, -0.25) is 4.98 Å². The topological polar surface area (TPSA) is 22.1 Å². The summed E-state index contributed by atoms with van der Waals surface area (Å²) in [5.41, 5.74) is 2.14. The Morgan fingerprint density at radius 1 is 0.944 bits per heavy atom. The molecule has 2 aromatic rings. The highest BCUT2D eigenvalue weighted by molar-refractivity contribution is 6.69. The van der Waals surface area contributed by atoms with Crippen molar-refractivity contribution in [2.24, 2.45) is 0 Å². The van der Waals surface area contributed by atoms with Crippen molar-refractivity contribution in [3.05, 3.63) is 66.0 Å².